The fourth-order valence-electron chi connectivity index (χ4n) is 4.70. The third-order valence-electron chi connectivity index (χ3n) is 7.00. The van der Waals surface area contributed by atoms with E-state index in [0.29, 0.717) is 43.7 Å². The van der Waals surface area contributed by atoms with E-state index in [9.17, 15) is 23.5 Å². The Morgan fingerprint density at radius 3 is 2.31 bits per heavy atom. The number of carbonyl (C=O) groups is 2. The Bertz CT molecular complexity index is 1450. The van der Waals surface area contributed by atoms with E-state index in [2.05, 4.69) is 15.6 Å². The zero-order valence-electron chi connectivity index (χ0n) is 23.3. The number of nitrogens with one attached hydrogen (secondary N) is 2. The summed E-state index contributed by atoms with van der Waals surface area (Å²) in [6.07, 6.45) is 8.53. The molecule has 0 saturated carbocycles. The maximum absolute atomic E-state index is 13.8. The number of halogens is 2. The van der Waals surface area contributed by atoms with E-state index in [1.165, 1.54) is 36.0 Å². The van der Waals surface area contributed by atoms with Crippen LogP contribution in [0.4, 0.5) is 8.78 Å². The van der Waals surface area contributed by atoms with Crippen LogP contribution in [0.25, 0.3) is 0 Å². The average molecular weight is 593 g/mol. The van der Waals surface area contributed by atoms with Crippen LogP contribution in [0, 0.1) is 11.6 Å². The molecule has 42 heavy (non-hydrogen) atoms. The Labute approximate surface area is 248 Å². The standard InChI is InChI=1S/C32H34F2N4O3S/c1-42-19-14-29(32(40)41)37-31(39)28-20-25(7-6-23(28)5-2-22-3-10-26(33)11-4-22)30(24-8-12-27(34)13-9-24)36-16-18-38-17-15-35-21-38/h3-4,6-13,15,17,20-21,29-30,36H,2,5,14,16,18-19H2,1H3,(H,37,39)(H,40,41)/t29-,30?/m0/s1. The van der Waals surface area contributed by atoms with Crippen molar-refractivity contribution in [2.75, 3.05) is 18.6 Å². The fraction of sp³-hybridized carbons (Fsp3) is 0.281. The number of aliphatic carboxylic acids is 1. The van der Waals surface area contributed by atoms with E-state index in [1.54, 1.807) is 42.9 Å². The number of carbonyl (C=O) groups excluding carboxylic acids is 1. The zero-order chi connectivity index (χ0) is 29.9. The first-order valence-corrected chi connectivity index (χ1v) is 15.1. The van der Waals surface area contributed by atoms with E-state index in [-0.39, 0.29) is 17.7 Å². The van der Waals surface area contributed by atoms with Crippen LogP contribution in [0.15, 0.2) is 85.5 Å². The minimum Gasteiger partial charge on any atom is -0.480 e. The number of amides is 1. The van der Waals surface area contributed by atoms with Gasteiger partial charge in [0.2, 0.25) is 0 Å². The van der Waals surface area contributed by atoms with E-state index < -0.39 is 17.9 Å². The average Bonchev–Trinajstić information content (AvgIpc) is 3.51. The van der Waals surface area contributed by atoms with Crippen LogP contribution < -0.4 is 10.6 Å². The molecule has 0 aliphatic carbocycles. The number of aryl methyl sites for hydroxylation is 2. The molecule has 0 aliphatic heterocycles. The molecule has 0 spiro atoms. The Kier molecular flexibility index (Phi) is 11.2. The van der Waals surface area contributed by atoms with Crippen LogP contribution in [0.5, 0.6) is 0 Å². The summed E-state index contributed by atoms with van der Waals surface area (Å²) in [4.78, 5) is 29.6. The molecule has 1 aromatic heterocycles. The van der Waals surface area contributed by atoms with Crippen molar-refractivity contribution < 1.29 is 23.5 Å². The molecule has 0 aliphatic rings. The number of aromatic nitrogens is 2. The summed E-state index contributed by atoms with van der Waals surface area (Å²) < 4.78 is 29.1. The molecular weight excluding hydrogens is 558 g/mol. The van der Waals surface area contributed by atoms with Crippen molar-refractivity contribution in [1.82, 2.24) is 20.2 Å². The molecule has 4 rings (SSSR count). The maximum Gasteiger partial charge on any atom is 0.326 e. The van der Waals surface area contributed by atoms with Gasteiger partial charge in [0, 0.05) is 31.0 Å². The summed E-state index contributed by atoms with van der Waals surface area (Å²) in [6.45, 7) is 1.22. The Balaban J connectivity index is 1.66. The molecule has 4 aromatic rings. The van der Waals surface area contributed by atoms with Crippen LogP contribution in [-0.2, 0) is 24.2 Å². The lowest BCUT2D eigenvalue weighted by Gasteiger charge is -2.22. The fourth-order valence-corrected chi connectivity index (χ4v) is 5.17. The van der Waals surface area contributed by atoms with Crippen LogP contribution in [-0.4, -0.2) is 51.1 Å². The number of hydrogen-bond donors (Lipinski definition) is 3. The smallest absolute Gasteiger partial charge is 0.326 e. The molecule has 3 N–H and O–H groups in total. The lowest BCUT2D eigenvalue weighted by Crippen LogP contribution is -2.41. The Morgan fingerprint density at radius 2 is 1.67 bits per heavy atom. The molecule has 1 heterocycles. The number of carboxylic acids is 1. The highest BCUT2D eigenvalue weighted by atomic mass is 32.2. The SMILES string of the molecule is CSCC[C@H](NC(=O)c1cc(C(NCCn2ccnc2)c2ccc(F)cc2)ccc1CCc1ccc(F)cc1)C(=O)O. The second-order valence-electron chi connectivity index (χ2n) is 9.93. The van der Waals surface area contributed by atoms with Gasteiger partial charge in [-0.05, 0) is 83.9 Å². The monoisotopic (exact) mass is 592 g/mol. The van der Waals surface area contributed by atoms with Gasteiger partial charge in [-0.1, -0.05) is 36.4 Å². The molecule has 10 heteroatoms. The van der Waals surface area contributed by atoms with E-state index >= 15 is 0 Å². The molecule has 0 saturated heterocycles. The van der Waals surface area contributed by atoms with Gasteiger partial charge in [0.25, 0.3) is 5.91 Å². The first-order chi connectivity index (χ1) is 20.3. The second kappa shape index (κ2) is 15.3. The normalized spacial score (nSPS) is 12.5. The van der Waals surface area contributed by atoms with Crippen LogP contribution >= 0.6 is 11.8 Å². The molecular formula is C32H34F2N4O3S. The number of thioether (sulfide) groups is 1. The predicted molar refractivity (Wildman–Crippen MR) is 161 cm³/mol. The van der Waals surface area contributed by atoms with Crippen molar-refractivity contribution in [3.63, 3.8) is 0 Å². The van der Waals surface area contributed by atoms with Crippen LogP contribution in [0.1, 0.15) is 45.1 Å². The summed E-state index contributed by atoms with van der Waals surface area (Å²) in [7, 11) is 0. The second-order valence-corrected chi connectivity index (χ2v) is 10.9. The van der Waals surface area contributed by atoms with Gasteiger partial charge in [-0.25, -0.2) is 18.6 Å². The van der Waals surface area contributed by atoms with Crippen LogP contribution in [0.2, 0.25) is 0 Å². The topological polar surface area (TPSA) is 96.3 Å². The molecule has 1 unspecified atom stereocenters. The van der Waals surface area contributed by atoms with Gasteiger partial charge in [0.1, 0.15) is 17.7 Å². The first-order valence-electron chi connectivity index (χ1n) is 13.7. The number of nitrogens with zero attached hydrogens (tertiary/aromatic N) is 2. The minimum absolute atomic E-state index is 0.293. The van der Waals surface area contributed by atoms with Crippen molar-refractivity contribution in [2.24, 2.45) is 0 Å². The van der Waals surface area contributed by atoms with Gasteiger partial charge >= 0.3 is 5.97 Å². The molecule has 0 bridgehead atoms. The molecule has 0 radical (unpaired) electrons. The molecule has 0 fully saturated rings. The lowest BCUT2D eigenvalue weighted by molar-refractivity contribution is -0.139. The van der Waals surface area contributed by atoms with E-state index in [0.717, 1.165) is 22.3 Å². The summed E-state index contributed by atoms with van der Waals surface area (Å²) in [5.41, 5.74) is 3.62. The van der Waals surface area contributed by atoms with Crippen molar-refractivity contribution in [3.8, 4) is 0 Å². The van der Waals surface area contributed by atoms with Crippen molar-refractivity contribution in [3.05, 3.63) is 125 Å². The van der Waals surface area contributed by atoms with Gasteiger partial charge in [-0.3, -0.25) is 4.79 Å². The van der Waals surface area contributed by atoms with Gasteiger partial charge < -0.3 is 20.3 Å². The third kappa shape index (κ3) is 8.74. The van der Waals surface area contributed by atoms with Gasteiger partial charge in [-0.15, -0.1) is 0 Å². The number of rotatable bonds is 15. The highest BCUT2D eigenvalue weighted by Crippen LogP contribution is 2.26. The van der Waals surface area contributed by atoms with Crippen LogP contribution in [0.3, 0.4) is 0 Å². The summed E-state index contributed by atoms with van der Waals surface area (Å²) in [5, 5.41) is 15.9. The Hall–Kier alpha value is -4.02. The summed E-state index contributed by atoms with van der Waals surface area (Å²) in [6, 6.07) is 16.6. The number of hydrogen-bond acceptors (Lipinski definition) is 5. The first kappa shape index (κ1) is 30.9. The molecule has 220 valence electrons. The molecule has 2 atom stereocenters. The highest BCUT2D eigenvalue weighted by Gasteiger charge is 2.23. The van der Waals surface area contributed by atoms with Crippen molar-refractivity contribution in [2.45, 2.75) is 37.9 Å². The predicted octanol–water partition coefficient (Wildman–Crippen LogP) is 5.26. The highest BCUT2D eigenvalue weighted by molar-refractivity contribution is 7.98. The minimum atomic E-state index is -1.09. The molecule has 1 amide bonds. The number of imidazole rings is 1. The van der Waals surface area contributed by atoms with Gasteiger partial charge in [0.05, 0.1) is 12.4 Å². The zero-order valence-corrected chi connectivity index (χ0v) is 24.1. The van der Waals surface area contributed by atoms with Gasteiger partial charge in [0.15, 0.2) is 0 Å². The molecule has 3 aromatic carbocycles. The maximum atomic E-state index is 13.8. The van der Waals surface area contributed by atoms with Crippen molar-refractivity contribution >= 4 is 23.6 Å². The quantitative estimate of drug-likeness (QED) is 0.174. The Morgan fingerprint density at radius 1 is 0.976 bits per heavy atom. The summed E-state index contributed by atoms with van der Waals surface area (Å²) >= 11 is 1.51. The van der Waals surface area contributed by atoms with E-state index in [4.69, 9.17) is 0 Å². The van der Waals surface area contributed by atoms with E-state index in [1.807, 2.05) is 29.2 Å². The third-order valence-corrected chi connectivity index (χ3v) is 7.65. The largest absolute Gasteiger partial charge is 0.480 e. The molecule has 7 nitrogen and oxygen atoms in total. The number of carboxylic acid groups (broad SMARTS) is 1. The number of benzene rings is 3. The summed E-state index contributed by atoms with van der Waals surface area (Å²) in [5.74, 6) is -1.65. The lowest BCUT2D eigenvalue weighted by atomic mass is 9.92. The van der Waals surface area contributed by atoms with Crippen molar-refractivity contribution in [1.29, 1.82) is 0 Å². The van der Waals surface area contributed by atoms with Gasteiger partial charge in [-0.2, -0.15) is 11.8 Å².